The van der Waals surface area contributed by atoms with Crippen LogP contribution in [0, 0.1) is 0 Å². The van der Waals surface area contributed by atoms with Crippen LogP contribution in [0.1, 0.15) is 11.1 Å². The molecule has 0 spiro atoms. The van der Waals surface area contributed by atoms with E-state index in [1.165, 1.54) is 27.4 Å². The lowest BCUT2D eigenvalue weighted by Gasteiger charge is -2.18. The highest BCUT2D eigenvalue weighted by Crippen LogP contribution is 2.27. The lowest BCUT2D eigenvalue weighted by atomic mass is 10.1. The lowest BCUT2D eigenvalue weighted by Crippen LogP contribution is -2.23. The second-order valence-corrected chi connectivity index (χ2v) is 7.13. The fourth-order valence-corrected chi connectivity index (χ4v) is 3.73. The molecular formula is C23H26N4. The van der Waals surface area contributed by atoms with E-state index in [2.05, 4.69) is 81.4 Å². The molecule has 0 aliphatic carbocycles. The Morgan fingerprint density at radius 1 is 0.926 bits per heavy atom. The number of fused-ring (bicyclic) bond motifs is 3. The molecule has 4 rings (SSSR count). The average Bonchev–Trinajstić information content (AvgIpc) is 3.02. The van der Waals surface area contributed by atoms with E-state index in [9.17, 15) is 0 Å². The molecule has 2 aromatic carbocycles. The summed E-state index contributed by atoms with van der Waals surface area (Å²) in [5, 5.41) is 5.70. The zero-order chi connectivity index (χ0) is 18.6. The third kappa shape index (κ3) is 3.72. The van der Waals surface area contributed by atoms with Crippen LogP contribution in [0.2, 0.25) is 0 Å². The normalized spacial score (nSPS) is 11.7. The van der Waals surface area contributed by atoms with Crippen LogP contribution in [0.15, 0.2) is 66.9 Å². The summed E-state index contributed by atoms with van der Waals surface area (Å²) in [6.45, 7) is 3.76. The maximum absolute atomic E-state index is 4.65. The Morgan fingerprint density at radius 2 is 1.67 bits per heavy atom. The Bertz CT molecular complexity index is 980. The minimum absolute atomic E-state index is 0.914. The summed E-state index contributed by atoms with van der Waals surface area (Å²) >= 11 is 0. The van der Waals surface area contributed by atoms with Gasteiger partial charge in [-0.05, 0) is 43.4 Å². The van der Waals surface area contributed by atoms with Gasteiger partial charge >= 0.3 is 0 Å². The van der Waals surface area contributed by atoms with E-state index in [4.69, 9.17) is 0 Å². The van der Waals surface area contributed by atoms with Crippen LogP contribution in [0.4, 0.5) is 0 Å². The van der Waals surface area contributed by atoms with E-state index in [0.29, 0.717) is 0 Å². The topological polar surface area (TPSA) is 33.1 Å². The number of para-hydroxylation sites is 1. The molecule has 27 heavy (non-hydrogen) atoms. The summed E-state index contributed by atoms with van der Waals surface area (Å²) < 4.78 is 2.34. The summed E-state index contributed by atoms with van der Waals surface area (Å²) in [5.41, 5.74) is 5.00. The van der Waals surface area contributed by atoms with E-state index < -0.39 is 0 Å². The highest BCUT2D eigenvalue weighted by Gasteiger charge is 2.11. The number of pyridine rings is 1. The van der Waals surface area contributed by atoms with Crippen LogP contribution in [0.25, 0.3) is 21.9 Å². The molecule has 4 aromatic rings. The molecular weight excluding hydrogens is 332 g/mol. The van der Waals surface area contributed by atoms with Gasteiger partial charge in [0.15, 0.2) is 0 Å². The standard InChI is InChI=1S/C23H26N4/c1-24-16-18-9-11-19(12-10-18)17-26(2)14-15-27-22-8-4-3-6-20(22)21-7-5-13-25-23(21)27/h3-13,24H,14-17H2,1-2H3. The smallest absolute Gasteiger partial charge is 0.140 e. The number of nitrogens with zero attached hydrogens (tertiary/aromatic N) is 3. The van der Waals surface area contributed by atoms with E-state index >= 15 is 0 Å². The second-order valence-electron chi connectivity index (χ2n) is 7.13. The largest absolute Gasteiger partial charge is 0.324 e. The van der Waals surface area contributed by atoms with Crippen molar-refractivity contribution in [2.75, 3.05) is 20.6 Å². The van der Waals surface area contributed by atoms with Gasteiger partial charge in [0.2, 0.25) is 0 Å². The molecule has 0 radical (unpaired) electrons. The van der Waals surface area contributed by atoms with Gasteiger partial charge in [-0.25, -0.2) is 4.98 Å². The zero-order valence-electron chi connectivity index (χ0n) is 16.0. The van der Waals surface area contributed by atoms with Crippen LogP contribution < -0.4 is 5.32 Å². The monoisotopic (exact) mass is 358 g/mol. The first kappa shape index (κ1) is 17.7. The van der Waals surface area contributed by atoms with Gasteiger partial charge in [0.1, 0.15) is 5.65 Å². The molecule has 4 nitrogen and oxygen atoms in total. The predicted octanol–water partition coefficient (Wildman–Crippen LogP) is 4.04. The van der Waals surface area contributed by atoms with Crippen LogP contribution in [-0.4, -0.2) is 35.1 Å². The van der Waals surface area contributed by atoms with Gasteiger partial charge in [0, 0.05) is 43.1 Å². The number of aromatic nitrogens is 2. The first-order valence-electron chi connectivity index (χ1n) is 9.49. The van der Waals surface area contributed by atoms with Crippen molar-refractivity contribution in [3.63, 3.8) is 0 Å². The Kier molecular flexibility index (Phi) is 5.19. The van der Waals surface area contributed by atoms with E-state index in [1.807, 2.05) is 19.3 Å². The Balaban J connectivity index is 1.49. The first-order valence-corrected chi connectivity index (χ1v) is 9.49. The molecule has 0 saturated heterocycles. The molecule has 0 aliphatic rings. The quantitative estimate of drug-likeness (QED) is 0.541. The summed E-state index contributed by atoms with van der Waals surface area (Å²) in [6.07, 6.45) is 1.88. The third-order valence-corrected chi connectivity index (χ3v) is 5.09. The maximum atomic E-state index is 4.65. The minimum atomic E-state index is 0.914. The Morgan fingerprint density at radius 3 is 2.48 bits per heavy atom. The van der Waals surface area contributed by atoms with Gasteiger partial charge in [0.25, 0.3) is 0 Å². The first-order chi connectivity index (χ1) is 13.3. The second kappa shape index (κ2) is 7.91. The molecule has 4 heteroatoms. The lowest BCUT2D eigenvalue weighted by molar-refractivity contribution is 0.314. The minimum Gasteiger partial charge on any atom is -0.324 e. The Labute approximate surface area is 160 Å². The van der Waals surface area contributed by atoms with Gasteiger partial charge in [0.05, 0.1) is 5.52 Å². The van der Waals surface area contributed by atoms with Crippen molar-refractivity contribution in [1.82, 2.24) is 19.8 Å². The molecule has 138 valence electrons. The van der Waals surface area contributed by atoms with E-state index in [0.717, 1.165) is 31.8 Å². The molecule has 0 saturated carbocycles. The van der Waals surface area contributed by atoms with Crippen LogP contribution in [0.3, 0.4) is 0 Å². The average molecular weight is 358 g/mol. The molecule has 1 N–H and O–H groups in total. The number of nitrogens with one attached hydrogen (secondary N) is 1. The summed E-state index contributed by atoms with van der Waals surface area (Å²) in [4.78, 5) is 7.02. The van der Waals surface area contributed by atoms with Crippen molar-refractivity contribution in [1.29, 1.82) is 0 Å². The molecule has 0 fully saturated rings. The molecule has 0 amide bonds. The molecule has 0 aliphatic heterocycles. The predicted molar refractivity (Wildman–Crippen MR) is 113 cm³/mol. The van der Waals surface area contributed by atoms with Crippen LogP contribution in [-0.2, 0) is 19.6 Å². The molecule has 0 bridgehead atoms. The number of likely N-dealkylation sites (N-methyl/N-ethyl adjacent to an activating group) is 1. The highest BCUT2D eigenvalue weighted by molar-refractivity contribution is 6.06. The Hall–Kier alpha value is -2.69. The highest BCUT2D eigenvalue weighted by atomic mass is 15.1. The maximum Gasteiger partial charge on any atom is 0.140 e. The molecule has 0 unspecified atom stereocenters. The number of rotatable bonds is 7. The van der Waals surface area contributed by atoms with Crippen molar-refractivity contribution in [3.05, 3.63) is 78.0 Å². The van der Waals surface area contributed by atoms with Crippen molar-refractivity contribution < 1.29 is 0 Å². The van der Waals surface area contributed by atoms with Gasteiger partial charge in [-0.1, -0.05) is 42.5 Å². The van der Waals surface area contributed by atoms with Crippen molar-refractivity contribution in [3.8, 4) is 0 Å². The van der Waals surface area contributed by atoms with Gasteiger partial charge < -0.3 is 14.8 Å². The van der Waals surface area contributed by atoms with E-state index in [-0.39, 0.29) is 0 Å². The number of benzene rings is 2. The number of hydrogen-bond donors (Lipinski definition) is 1. The van der Waals surface area contributed by atoms with E-state index in [1.54, 1.807) is 0 Å². The molecule has 0 atom stereocenters. The fraction of sp³-hybridized carbons (Fsp3) is 0.261. The van der Waals surface area contributed by atoms with Crippen LogP contribution in [0.5, 0.6) is 0 Å². The van der Waals surface area contributed by atoms with Crippen LogP contribution >= 0.6 is 0 Å². The molecule has 2 aromatic heterocycles. The third-order valence-electron chi connectivity index (χ3n) is 5.09. The van der Waals surface area contributed by atoms with Crippen molar-refractivity contribution >= 4 is 21.9 Å². The summed E-state index contributed by atoms with van der Waals surface area (Å²) in [5.74, 6) is 0. The van der Waals surface area contributed by atoms with Gasteiger partial charge in [-0.2, -0.15) is 0 Å². The zero-order valence-corrected chi connectivity index (χ0v) is 16.0. The van der Waals surface area contributed by atoms with Gasteiger partial charge in [-0.3, -0.25) is 0 Å². The summed E-state index contributed by atoms with van der Waals surface area (Å²) in [6, 6.07) is 21.6. The SMILES string of the molecule is CNCc1ccc(CN(C)CCn2c3ccccc3c3cccnc32)cc1. The fourth-order valence-electron chi connectivity index (χ4n) is 3.73. The van der Waals surface area contributed by atoms with Gasteiger partial charge in [-0.15, -0.1) is 0 Å². The van der Waals surface area contributed by atoms with Crippen molar-refractivity contribution in [2.24, 2.45) is 0 Å². The summed E-state index contributed by atoms with van der Waals surface area (Å²) in [7, 11) is 4.16. The van der Waals surface area contributed by atoms with Crippen molar-refractivity contribution in [2.45, 2.75) is 19.6 Å². The number of hydrogen-bond acceptors (Lipinski definition) is 3. The molecule has 2 heterocycles.